The van der Waals surface area contributed by atoms with Crippen LogP contribution in [0.15, 0.2) is 48.8 Å². The minimum Gasteiger partial charge on any atom is -0.370 e. The van der Waals surface area contributed by atoms with Crippen molar-refractivity contribution in [1.29, 1.82) is 5.26 Å². The van der Waals surface area contributed by atoms with Crippen LogP contribution < -0.4 is 15.5 Å². The maximum Gasteiger partial charge on any atom is 0.225 e. The van der Waals surface area contributed by atoms with Crippen molar-refractivity contribution >= 4 is 34.2 Å². The molecule has 0 saturated carbocycles. The van der Waals surface area contributed by atoms with Gasteiger partial charge in [0.2, 0.25) is 5.95 Å². The van der Waals surface area contributed by atoms with Gasteiger partial charge in [-0.1, -0.05) is 6.07 Å². The fourth-order valence-electron chi connectivity index (χ4n) is 6.09. The summed E-state index contributed by atoms with van der Waals surface area (Å²) in [4.78, 5) is 18.9. The number of fused-ring (bicyclic) bond motifs is 3. The Morgan fingerprint density at radius 3 is 2.72 bits per heavy atom. The SMILES string of the molecule is Cc1cc(Nc2nc(N[C@@H]3C[C@H]4CC[C@@H](C3)N4CCC#N)nc3cc(N(C)Cc4cccnc4)ccc23)n[nH]1. The van der Waals surface area contributed by atoms with Crippen LogP contribution in [0.1, 0.15) is 43.4 Å². The number of nitriles is 1. The number of pyridine rings is 1. The summed E-state index contributed by atoms with van der Waals surface area (Å²) >= 11 is 0. The molecule has 10 heteroatoms. The van der Waals surface area contributed by atoms with Gasteiger partial charge in [-0.05, 0) is 62.4 Å². The first-order valence-corrected chi connectivity index (χ1v) is 13.7. The monoisotopic (exact) mass is 522 g/mol. The zero-order chi connectivity index (χ0) is 26.8. The number of aryl methyl sites for hydroxylation is 1. The minimum absolute atomic E-state index is 0.301. The molecule has 3 N–H and O–H groups in total. The summed E-state index contributed by atoms with van der Waals surface area (Å²) in [5.41, 5.74) is 4.07. The van der Waals surface area contributed by atoms with Crippen LogP contribution in [0.25, 0.3) is 10.9 Å². The van der Waals surface area contributed by atoms with Gasteiger partial charge in [0.15, 0.2) is 5.82 Å². The Kier molecular flexibility index (Phi) is 6.99. The van der Waals surface area contributed by atoms with Crippen molar-refractivity contribution in [2.45, 2.75) is 63.7 Å². The summed E-state index contributed by atoms with van der Waals surface area (Å²) in [6.07, 6.45) is 8.77. The average molecular weight is 523 g/mol. The first kappa shape index (κ1) is 25.1. The molecule has 10 nitrogen and oxygen atoms in total. The van der Waals surface area contributed by atoms with Crippen molar-refractivity contribution in [2.75, 3.05) is 29.1 Å². The fourth-order valence-corrected chi connectivity index (χ4v) is 6.09. The summed E-state index contributed by atoms with van der Waals surface area (Å²) in [6, 6.07) is 16.0. The highest BCUT2D eigenvalue weighted by Gasteiger charge is 2.40. The lowest BCUT2D eigenvalue weighted by atomic mass is 9.97. The Labute approximate surface area is 228 Å². The lowest BCUT2D eigenvalue weighted by molar-refractivity contribution is 0.135. The van der Waals surface area contributed by atoms with E-state index < -0.39 is 0 Å². The molecule has 3 atom stereocenters. The van der Waals surface area contributed by atoms with Gasteiger partial charge in [0.25, 0.3) is 0 Å². The van der Waals surface area contributed by atoms with Gasteiger partial charge in [0.1, 0.15) is 5.82 Å². The Balaban J connectivity index is 1.28. The van der Waals surface area contributed by atoms with Gasteiger partial charge in [-0.3, -0.25) is 15.0 Å². The molecule has 0 amide bonds. The van der Waals surface area contributed by atoms with Gasteiger partial charge in [0, 0.05) is 79.9 Å². The van der Waals surface area contributed by atoms with E-state index in [1.807, 2.05) is 25.3 Å². The van der Waals surface area contributed by atoms with E-state index in [9.17, 15) is 0 Å². The first-order chi connectivity index (χ1) is 19.1. The summed E-state index contributed by atoms with van der Waals surface area (Å²) in [5, 5.41) is 24.4. The molecule has 2 aliphatic rings. The molecule has 4 aromatic rings. The maximum atomic E-state index is 9.06. The molecule has 0 spiro atoms. The second kappa shape index (κ2) is 10.9. The van der Waals surface area contributed by atoms with Crippen LogP contribution in [0, 0.1) is 18.3 Å². The van der Waals surface area contributed by atoms with Crippen LogP contribution in [-0.2, 0) is 6.54 Å². The predicted molar refractivity (Wildman–Crippen MR) is 153 cm³/mol. The highest BCUT2D eigenvalue weighted by Crippen LogP contribution is 2.37. The molecule has 1 aromatic carbocycles. The normalized spacial score (nSPS) is 20.6. The van der Waals surface area contributed by atoms with E-state index in [0.717, 1.165) is 65.4 Å². The zero-order valence-corrected chi connectivity index (χ0v) is 22.4. The number of piperidine rings is 1. The number of hydrogen-bond acceptors (Lipinski definition) is 9. The number of rotatable bonds is 9. The molecular formula is C29H34N10. The number of aromatic nitrogens is 5. The van der Waals surface area contributed by atoms with E-state index in [2.05, 4.69) is 73.0 Å². The number of nitrogens with one attached hydrogen (secondary N) is 3. The zero-order valence-electron chi connectivity index (χ0n) is 22.4. The van der Waals surface area contributed by atoms with Crippen LogP contribution >= 0.6 is 0 Å². The largest absolute Gasteiger partial charge is 0.370 e. The Morgan fingerprint density at radius 1 is 1.15 bits per heavy atom. The standard InChI is InChI=1S/C29H34N10/c1-19-13-27(37-36-19)34-28-25-9-8-22(38(2)18-20-5-3-11-31-17-20)16-26(25)33-29(35-28)32-21-14-23-6-7-24(15-21)39(23)12-4-10-30/h3,5,8-9,11,13,16-17,21,23-24H,4,6-7,12,14-15,18H2,1-2H3,(H3,32,33,34,35,36,37)/t21-,23-,24+. The molecule has 2 saturated heterocycles. The van der Waals surface area contributed by atoms with Crippen LogP contribution in [-0.4, -0.2) is 61.8 Å². The quantitative estimate of drug-likeness (QED) is 0.286. The molecule has 0 aliphatic carbocycles. The van der Waals surface area contributed by atoms with Crippen molar-refractivity contribution in [3.05, 3.63) is 60.0 Å². The van der Waals surface area contributed by atoms with Gasteiger partial charge in [0.05, 0.1) is 11.6 Å². The van der Waals surface area contributed by atoms with E-state index in [4.69, 9.17) is 15.2 Å². The molecule has 2 fully saturated rings. The van der Waals surface area contributed by atoms with Crippen molar-refractivity contribution in [1.82, 2.24) is 30.0 Å². The Hall–Kier alpha value is -4.23. The van der Waals surface area contributed by atoms with Crippen molar-refractivity contribution in [3.63, 3.8) is 0 Å². The number of hydrogen-bond donors (Lipinski definition) is 3. The molecule has 6 rings (SSSR count). The summed E-state index contributed by atoms with van der Waals surface area (Å²) in [7, 11) is 2.08. The fraction of sp³-hybridized carbons (Fsp3) is 0.414. The first-order valence-electron chi connectivity index (χ1n) is 13.7. The van der Waals surface area contributed by atoms with Gasteiger partial charge >= 0.3 is 0 Å². The third kappa shape index (κ3) is 5.49. The van der Waals surface area contributed by atoms with E-state index >= 15 is 0 Å². The second-order valence-electron chi connectivity index (χ2n) is 10.7. The van der Waals surface area contributed by atoms with E-state index in [1.165, 1.54) is 12.8 Å². The molecule has 2 aliphatic heterocycles. The highest BCUT2D eigenvalue weighted by atomic mass is 15.3. The third-order valence-electron chi connectivity index (χ3n) is 7.92. The van der Waals surface area contributed by atoms with Crippen molar-refractivity contribution in [3.8, 4) is 6.07 Å². The smallest absolute Gasteiger partial charge is 0.225 e. The number of H-pyrrole nitrogens is 1. The van der Waals surface area contributed by atoms with E-state index in [-0.39, 0.29) is 0 Å². The minimum atomic E-state index is 0.301. The molecule has 200 valence electrons. The maximum absolute atomic E-state index is 9.06. The lowest BCUT2D eigenvalue weighted by Gasteiger charge is -2.38. The molecule has 39 heavy (non-hydrogen) atoms. The molecule has 0 radical (unpaired) electrons. The van der Waals surface area contributed by atoms with Crippen molar-refractivity contribution in [2.24, 2.45) is 0 Å². The molecule has 3 aromatic heterocycles. The van der Waals surface area contributed by atoms with Gasteiger partial charge in [-0.2, -0.15) is 15.3 Å². The summed E-state index contributed by atoms with van der Waals surface area (Å²) in [5.74, 6) is 2.07. The van der Waals surface area contributed by atoms with Crippen LogP contribution in [0.4, 0.5) is 23.3 Å². The topological polar surface area (TPSA) is 122 Å². The van der Waals surface area contributed by atoms with E-state index in [1.54, 1.807) is 6.20 Å². The summed E-state index contributed by atoms with van der Waals surface area (Å²) in [6.45, 7) is 3.60. The van der Waals surface area contributed by atoms with Crippen LogP contribution in [0.3, 0.4) is 0 Å². The van der Waals surface area contributed by atoms with Gasteiger partial charge in [-0.15, -0.1) is 0 Å². The highest BCUT2D eigenvalue weighted by molar-refractivity contribution is 5.93. The molecule has 2 bridgehead atoms. The lowest BCUT2D eigenvalue weighted by Crippen LogP contribution is -2.47. The molecule has 5 heterocycles. The van der Waals surface area contributed by atoms with Gasteiger partial charge in [-0.25, -0.2) is 4.98 Å². The number of nitrogens with zero attached hydrogens (tertiary/aromatic N) is 7. The molecule has 0 unspecified atom stereocenters. The van der Waals surface area contributed by atoms with Crippen LogP contribution in [0.5, 0.6) is 0 Å². The summed E-state index contributed by atoms with van der Waals surface area (Å²) < 4.78 is 0. The van der Waals surface area contributed by atoms with E-state index in [0.29, 0.717) is 30.5 Å². The third-order valence-corrected chi connectivity index (χ3v) is 7.92. The molecular weight excluding hydrogens is 488 g/mol. The Morgan fingerprint density at radius 2 is 2.00 bits per heavy atom. The van der Waals surface area contributed by atoms with Crippen LogP contribution in [0.2, 0.25) is 0 Å². The predicted octanol–water partition coefficient (Wildman–Crippen LogP) is 4.76. The number of aromatic amines is 1. The number of benzene rings is 1. The second-order valence-corrected chi connectivity index (χ2v) is 10.7. The average Bonchev–Trinajstić information content (AvgIpc) is 3.45. The van der Waals surface area contributed by atoms with Gasteiger partial charge < -0.3 is 15.5 Å². The number of anilines is 4. The van der Waals surface area contributed by atoms with Crippen molar-refractivity contribution < 1.29 is 0 Å². The Bertz CT molecular complexity index is 1460.